The normalized spacial score (nSPS) is 22.0. The van der Waals surface area contributed by atoms with Crippen LogP contribution in [0.1, 0.15) is 38.9 Å². The molecule has 0 bridgehead atoms. The Morgan fingerprint density at radius 2 is 2.32 bits per heavy atom. The molecule has 22 heavy (non-hydrogen) atoms. The third kappa shape index (κ3) is 4.90. The number of nitrogens with one attached hydrogen (secondary N) is 2. The van der Waals surface area contributed by atoms with Crippen LogP contribution < -0.4 is 10.6 Å². The lowest BCUT2D eigenvalue weighted by molar-refractivity contribution is 0.609. The molecule has 0 aromatic carbocycles. The Morgan fingerprint density at radius 1 is 1.45 bits per heavy atom. The van der Waals surface area contributed by atoms with E-state index in [-0.39, 0.29) is 0 Å². The molecular formula is C15H28N6S. The summed E-state index contributed by atoms with van der Waals surface area (Å²) in [7, 11) is 0. The van der Waals surface area contributed by atoms with Crippen molar-refractivity contribution in [1.82, 2.24) is 25.4 Å². The molecule has 1 fully saturated rings. The van der Waals surface area contributed by atoms with Crippen molar-refractivity contribution in [3.05, 3.63) is 12.2 Å². The Balaban J connectivity index is 1.84. The van der Waals surface area contributed by atoms with Gasteiger partial charge in [-0.05, 0) is 32.4 Å². The fourth-order valence-electron chi connectivity index (χ4n) is 2.81. The van der Waals surface area contributed by atoms with Crippen LogP contribution in [-0.2, 0) is 13.0 Å². The highest BCUT2D eigenvalue weighted by molar-refractivity contribution is 7.99. The fourth-order valence-corrected chi connectivity index (χ4v) is 3.60. The zero-order chi connectivity index (χ0) is 15.8. The van der Waals surface area contributed by atoms with Crippen LogP contribution in [0.4, 0.5) is 0 Å². The molecule has 0 saturated heterocycles. The van der Waals surface area contributed by atoms with Crippen LogP contribution in [0.15, 0.2) is 11.3 Å². The van der Waals surface area contributed by atoms with Gasteiger partial charge in [0.1, 0.15) is 12.2 Å². The molecule has 124 valence electrons. The van der Waals surface area contributed by atoms with Crippen molar-refractivity contribution in [2.24, 2.45) is 4.99 Å². The number of hydrogen-bond donors (Lipinski definition) is 2. The summed E-state index contributed by atoms with van der Waals surface area (Å²) < 4.78 is 2.08. The Hall–Kier alpha value is -1.24. The fraction of sp³-hybridized carbons (Fsp3) is 0.800. The first-order valence-corrected chi connectivity index (χ1v) is 9.49. The smallest absolute Gasteiger partial charge is 0.191 e. The Labute approximate surface area is 137 Å². The quantitative estimate of drug-likeness (QED) is 0.590. The van der Waals surface area contributed by atoms with Crippen LogP contribution in [0.25, 0.3) is 0 Å². The molecule has 2 rings (SSSR count). The van der Waals surface area contributed by atoms with Gasteiger partial charge in [0.15, 0.2) is 5.96 Å². The molecular weight excluding hydrogens is 296 g/mol. The van der Waals surface area contributed by atoms with Crippen LogP contribution in [0, 0.1) is 0 Å². The summed E-state index contributed by atoms with van der Waals surface area (Å²) in [6.45, 7) is 6.64. The summed E-state index contributed by atoms with van der Waals surface area (Å²) >= 11 is 1.98. The predicted molar refractivity (Wildman–Crippen MR) is 93.5 cm³/mol. The van der Waals surface area contributed by atoms with Gasteiger partial charge in [0.05, 0.1) is 6.54 Å². The Kier molecular flexibility index (Phi) is 7.02. The maximum absolute atomic E-state index is 4.69. The first-order valence-electron chi connectivity index (χ1n) is 8.21. The lowest BCUT2D eigenvalue weighted by atomic mass is 10.2. The molecule has 6 nitrogen and oxygen atoms in total. The molecule has 0 radical (unpaired) electrons. The van der Waals surface area contributed by atoms with Crippen molar-refractivity contribution in [2.45, 2.75) is 57.4 Å². The van der Waals surface area contributed by atoms with Crippen LogP contribution in [0.5, 0.6) is 0 Å². The first-order chi connectivity index (χ1) is 10.8. The predicted octanol–water partition coefficient (Wildman–Crippen LogP) is 1.68. The third-order valence-electron chi connectivity index (χ3n) is 4.03. The van der Waals surface area contributed by atoms with Gasteiger partial charge in [-0.15, -0.1) is 10.2 Å². The highest BCUT2D eigenvalue weighted by Gasteiger charge is 2.24. The Morgan fingerprint density at radius 3 is 3.00 bits per heavy atom. The molecule has 2 N–H and O–H groups in total. The number of rotatable bonds is 7. The monoisotopic (exact) mass is 324 g/mol. The van der Waals surface area contributed by atoms with E-state index in [1.807, 2.05) is 11.8 Å². The molecule has 1 aliphatic carbocycles. The second-order valence-electron chi connectivity index (χ2n) is 5.57. The van der Waals surface area contributed by atoms with E-state index in [9.17, 15) is 0 Å². The molecule has 1 aliphatic rings. The maximum atomic E-state index is 4.69. The molecule has 0 aliphatic heterocycles. The number of aryl methyl sites for hydroxylation is 1. The van der Waals surface area contributed by atoms with E-state index in [0.717, 1.165) is 43.1 Å². The molecule has 2 atom stereocenters. The average molecular weight is 324 g/mol. The second kappa shape index (κ2) is 9.02. The van der Waals surface area contributed by atoms with E-state index in [1.165, 1.54) is 19.3 Å². The Bertz CT molecular complexity index is 472. The number of nitrogens with zero attached hydrogens (tertiary/aromatic N) is 4. The largest absolute Gasteiger partial charge is 0.357 e. The molecule has 2 unspecified atom stereocenters. The van der Waals surface area contributed by atoms with Crippen molar-refractivity contribution in [3.63, 3.8) is 0 Å². The van der Waals surface area contributed by atoms with Gasteiger partial charge in [-0.1, -0.05) is 6.92 Å². The average Bonchev–Trinajstić information content (AvgIpc) is 3.16. The van der Waals surface area contributed by atoms with Gasteiger partial charge in [-0.25, -0.2) is 0 Å². The SMILES string of the molecule is CCNC(=NCCn1cnnc1CC)NC1CCC(SC)C1. The van der Waals surface area contributed by atoms with Crippen LogP contribution in [0.3, 0.4) is 0 Å². The molecule has 1 heterocycles. The van der Waals surface area contributed by atoms with E-state index in [2.05, 4.69) is 50.5 Å². The van der Waals surface area contributed by atoms with Crippen molar-refractivity contribution in [2.75, 3.05) is 19.3 Å². The zero-order valence-corrected chi connectivity index (χ0v) is 14.7. The molecule has 1 aromatic rings. The number of thioether (sulfide) groups is 1. The van der Waals surface area contributed by atoms with Crippen molar-refractivity contribution in [1.29, 1.82) is 0 Å². The van der Waals surface area contributed by atoms with Crippen LogP contribution in [-0.4, -0.2) is 51.4 Å². The summed E-state index contributed by atoms with van der Waals surface area (Å²) in [5, 5.41) is 15.8. The summed E-state index contributed by atoms with van der Waals surface area (Å²) in [5.74, 6) is 1.95. The minimum atomic E-state index is 0.552. The second-order valence-corrected chi connectivity index (χ2v) is 6.70. The van der Waals surface area contributed by atoms with Gasteiger partial charge in [-0.3, -0.25) is 4.99 Å². The first kappa shape index (κ1) is 17.1. The van der Waals surface area contributed by atoms with Gasteiger partial charge < -0.3 is 15.2 Å². The van der Waals surface area contributed by atoms with Gasteiger partial charge >= 0.3 is 0 Å². The van der Waals surface area contributed by atoms with E-state index in [1.54, 1.807) is 6.33 Å². The van der Waals surface area contributed by atoms with Crippen molar-refractivity contribution in [3.8, 4) is 0 Å². The van der Waals surface area contributed by atoms with Gasteiger partial charge in [0.2, 0.25) is 0 Å². The van der Waals surface area contributed by atoms with E-state index in [4.69, 9.17) is 0 Å². The lowest BCUT2D eigenvalue weighted by Crippen LogP contribution is -2.42. The van der Waals surface area contributed by atoms with Crippen LogP contribution in [0.2, 0.25) is 0 Å². The van der Waals surface area contributed by atoms with Crippen molar-refractivity contribution >= 4 is 17.7 Å². The number of guanidine groups is 1. The summed E-state index contributed by atoms with van der Waals surface area (Å²) in [6, 6.07) is 0.552. The molecule has 1 aromatic heterocycles. The van der Waals surface area contributed by atoms with E-state index >= 15 is 0 Å². The summed E-state index contributed by atoms with van der Waals surface area (Å²) in [6.07, 6.45) is 8.67. The number of aliphatic imine (C=N–C) groups is 1. The topological polar surface area (TPSA) is 67.1 Å². The van der Waals surface area contributed by atoms with Crippen molar-refractivity contribution < 1.29 is 0 Å². The third-order valence-corrected chi connectivity index (χ3v) is 5.12. The highest BCUT2D eigenvalue weighted by atomic mass is 32.2. The summed E-state index contributed by atoms with van der Waals surface area (Å²) in [5.41, 5.74) is 0. The van der Waals surface area contributed by atoms with Crippen LogP contribution >= 0.6 is 11.8 Å². The lowest BCUT2D eigenvalue weighted by Gasteiger charge is -2.17. The van der Waals surface area contributed by atoms with Gasteiger partial charge in [0.25, 0.3) is 0 Å². The van der Waals surface area contributed by atoms with Gasteiger partial charge in [0, 0.05) is 30.8 Å². The van der Waals surface area contributed by atoms with E-state index < -0.39 is 0 Å². The minimum Gasteiger partial charge on any atom is -0.357 e. The standard InChI is InChI=1S/C15H28N6S/c1-4-14-20-18-11-21(14)9-8-17-15(16-5-2)19-12-6-7-13(10-12)22-3/h11-13H,4-10H2,1-3H3,(H2,16,17,19). The highest BCUT2D eigenvalue weighted by Crippen LogP contribution is 2.27. The molecule has 0 spiro atoms. The zero-order valence-electron chi connectivity index (χ0n) is 13.9. The molecule has 1 saturated carbocycles. The number of aromatic nitrogens is 3. The minimum absolute atomic E-state index is 0.552. The van der Waals surface area contributed by atoms with Gasteiger partial charge in [-0.2, -0.15) is 11.8 Å². The van der Waals surface area contributed by atoms with E-state index in [0.29, 0.717) is 6.04 Å². The maximum Gasteiger partial charge on any atom is 0.191 e. The summed E-state index contributed by atoms with van der Waals surface area (Å²) in [4.78, 5) is 4.69. The molecule has 7 heteroatoms. The molecule has 0 amide bonds. The number of hydrogen-bond acceptors (Lipinski definition) is 4.